The Hall–Kier alpha value is -3.49. The second-order valence-corrected chi connectivity index (χ2v) is 5.07. The molecule has 0 aliphatic rings. The van der Waals surface area contributed by atoms with Crippen LogP contribution in [0, 0.1) is 20.2 Å². The third-order valence-electron chi connectivity index (χ3n) is 3.16. The number of rotatable bonds is 6. The van der Waals surface area contributed by atoms with E-state index in [-0.39, 0.29) is 11.4 Å². The van der Waals surface area contributed by atoms with Crippen LogP contribution in [0.25, 0.3) is 0 Å². The fraction of sp³-hybridized carbons (Fsp3) is 0.133. The van der Waals surface area contributed by atoms with Crippen LogP contribution >= 0.6 is 0 Å². The predicted molar refractivity (Wildman–Crippen MR) is 91.7 cm³/mol. The lowest BCUT2D eigenvalue weighted by Gasteiger charge is -2.12. The molecule has 9 heteroatoms. The van der Waals surface area contributed by atoms with Crippen molar-refractivity contribution in [1.29, 1.82) is 0 Å². The molecule has 0 unspecified atom stereocenters. The molecule has 0 fully saturated rings. The highest BCUT2D eigenvalue weighted by Gasteiger charge is 2.15. The number of hydrogen-bond acceptors (Lipinski definition) is 7. The van der Waals surface area contributed by atoms with Gasteiger partial charge in [-0.1, -0.05) is 6.07 Å². The zero-order valence-electron chi connectivity index (χ0n) is 13.0. The first kappa shape index (κ1) is 16.9. The summed E-state index contributed by atoms with van der Waals surface area (Å²) >= 11 is 0. The van der Waals surface area contributed by atoms with Gasteiger partial charge in [0, 0.05) is 37.9 Å². The summed E-state index contributed by atoms with van der Waals surface area (Å²) in [5.41, 5.74) is 4.31. The summed E-state index contributed by atoms with van der Waals surface area (Å²) in [5, 5.41) is 25.7. The molecule has 0 heterocycles. The third kappa shape index (κ3) is 4.03. The van der Waals surface area contributed by atoms with Crippen LogP contribution in [0.15, 0.2) is 47.6 Å². The lowest BCUT2D eigenvalue weighted by atomic mass is 10.2. The van der Waals surface area contributed by atoms with Crippen molar-refractivity contribution in [2.75, 3.05) is 24.4 Å². The SMILES string of the molecule is CN(C)c1ccc(C=NNc2ccc([N+](=O)[O-])cc2)cc1[N+](=O)[O-]. The Balaban J connectivity index is 2.13. The first-order chi connectivity index (χ1) is 11.4. The molecule has 0 spiro atoms. The van der Waals surface area contributed by atoms with E-state index in [1.165, 1.54) is 36.5 Å². The zero-order chi connectivity index (χ0) is 17.7. The molecule has 2 aromatic carbocycles. The van der Waals surface area contributed by atoms with Crippen LogP contribution in [-0.2, 0) is 0 Å². The molecule has 0 aliphatic heterocycles. The van der Waals surface area contributed by atoms with E-state index in [1.54, 1.807) is 31.1 Å². The summed E-state index contributed by atoms with van der Waals surface area (Å²) in [5.74, 6) is 0. The van der Waals surface area contributed by atoms with Gasteiger partial charge in [-0.15, -0.1) is 0 Å². The molecule has 0 aromatic heterocycles. The fourth-order valence-corrected chi connectivity index (χ4v) is 1.98. The molecule has 0 saturated heterocycles. The van der Waals surface area contributed by atoms with Gasteiger partial charge < -0.3 is 4.90 Å². The number of nitrogens with one attached hydrogen (secondary N) is 1. The van der Waals surface area contributed by atoms with Gasteiger partial charge in [0.1, 0.15) is 5.69 Å². The Labute approximate surface area is 137 Å². The Morgan fingerprint density at radius 1 is 1.04 bits per heavy atom. The smallest absolute Gasteiger partial charge is 0.293 e. The molecular weight excluding hydrogens is 314 g/mol. The molecule has 1 N–H and O–H groups in total. The summed E-state index contributed by atoms with van der Waals surface area (Å²) in [6, 6.07) is 10.5. The van der Waals surface area contributed by atoms with E-state index >= 15 is 0 Å². The van der Waals surface area contributed by atoms with Gasteiger partial charge in [0.25, 0.3) is 11.4 Å². The second-order valence-electron chi connectivity index (χ2n) is 5.07. The highest BCUT2D eigenvalue weighted by atomic mass is 16.6. The Morgan fingerprint density at radius 3 is 2.25 bits per heavy atom. The van der Waals surface area contributed by atoms with E-state index in [1.807, 2.05) is 0 Å². The van der Waals surface area contributed by atoms with Crippen molar-refractivity contribution in [2.45, 2.75) is 0 Å². The molecule has 2 aromatic rings. The molecule has 0 atom stereocenters. The number of anilines is 2. The molecular formula is C15H15N5O4. The summed E-state index contributed by atoms with van der Waals surface area (Å²) in [4.78, 5) is 22.4. The van der Waals surface area contributed by atoms with Crippen molar-refractivity contribution >= 4 is 29.0 Å². The molecule has 0 saturated carbocycles. The average Bonchev–Trinajstić information content (AvgIpc) is 2.55. The number of benzene rings is 2. The quantitative estimate of drug-likeness (QED) is 0.495. The minimum Gasteiger partial charge on any atom is -0.372 e. The molecule has 2 rings (SSSR count). The topological polar surface area (TPSA) is 114 Å². The molecule has 124 valence electrons. The van der Waals surface area contributed by atoms with E-state index in [0.29, 0.717) is 16.9 Å². The van der Waals surface area contributed by atoms with Crippen molar-refractivity contribution in [1.82, 2.24) is 0 Å². The van der Waals surface area contributed by atoms with Gasteiger partial charge in [0.2, 0.25) is 0 Å². The van der Waals surface area contributed by atoms with Crippen LogP contribution in [0.5, 0.6) is 0 Å². The van der Waals surface area contributed by atoms with Crippen LogP contribution in [-0.4, -0.2) is 30.2 Å². The van der Waals surface area contributed by atoms with Gasteiger partial charge in [0.15, 0.2) is 0 Å². The number of nitro groups is 2. The molecule has 0 aliphatic carbocycles. The largest absolute Gasteiger partial charge is 0.372 e. The molecule has 0 amide bonds. The van der Waals surface area contributed by atoms with Crippen molar-refractivity contribution < 1.29 is 9.85 Å². The molecule has 24 heavy (non-hydrogen) atoms. The van der Waals surface area contributed by atoms with E-state index in [0.717, 1.165) is 0 Å². The second kappa shape index (κ2) is 7.18. The molecule has 0 bridgehead atoms. The summed E-state index contributed by atoms with van der Waals surface area (Å²) in [6.45, 7) is 0. The van der Waals surface area contributed by atoms with Gasteiger partial charge in [-0.3, -0.25) is 25.7 Å². The monoisotopic (exact) mass is 329 g/mol. The van der Waals surface area contributed by atoms with Crippen LogP contribution in [0.2, 0.25) is 0 Å². The lowest BCUT2D eigenvalue weighted by Crippen LogP contribution is -2.11. The summed E-state index contributed by atoms with van der Waals surface area (Å²) < 4.78 is 0. The van der Waals surface area contributed by atoms with Crippen molar-refractivity contribution in [3.63, 3.8) is 0 Å². The average molecular weight is 329 g/mol. The zero-order valence-corrected chi connectivity index (χ0v) is 13.0. The van der Waals surface area contributed by atoms with E-state index in [2.05, 4.69) is 10.5 Å². The van der Waals surface area contributed by atoms with Gasteiger partial charge in [0.05, 0.1) is 21.7 Å². The first-order valence-corrected chi connectivity index (χ1v) is 6.88. The van der Waals surface area contributed by atoms with Crippen LogP contribution in [0.3, 0.4) is 0 Å². The predicted octanol–water partition coefficient (Wildman–Crippen LogP) is 3.02. The van der Waals surface area contributed by atoms with Crippen LogP contribution in [0.1, 0.15) is 5.56 Å². The Kier molecular flexibility index (Phi) is 5.05. The van der Waals surface area contributed by atoms with Crippen LogP contribution < -0.4 is 10.3 Å². The Morgan fingerprint density at radius 2 is 1.71 bits per heavy atom. The number of hydrazone groups is 1. The fourth-order valence-electron chi connectivity index (χ4n) is 1.98. The number of nitro benzene ring substituents is 2. The maximum atomic E-state index is 11.1. The van der Waals surface area contributed by atoms with Gasteiger partial charge in [-0.05, 0) is 18.2 Å². The van der Waals surface area contributed by atoms with Gasteiger partial charge in [-0.2, -0.15) is 5.10 Å². The maximum Gasteiger partial charge on any atom is 0.293 e. The third-order valence-corrected chi connectivity index (χ3v) is 3.16. The minimum atomic E-state index is -0.488. The van der Waals surface area contributed by atoms with Gasteiger partial charge >= 0.3 is 0 Å². The highest BCUT2D eigenvalue weighted by molar-refractivity contribution is 5.83. The highest BCUT2D eigenvalue weighted by Crippen LogP contribution is 2.27. The molecule has 9 nitrogen and oxygen atoms in total. The molecule has 0 radical (unpaired) electrons. The summed E-state index contributed by atoms with van der Waals surface area (Å²) in [7, 11) is 3.46. The van der Waals surface area contributed by atoms with E-state index < -0.39 is 9.85 Å². The number of nitrogens with zero attached hydrogens (tertiary/aromatic N) is 4. The Bertz CT molecular complexity index is 787. The van der Waals surface area contributed by atoms with Gasteiger partial charge in [-0.25, -0.2) is 0 Å². The van der Waals surface area contributed by atoms with Crippen molar-refractivity contribution in [3.05, 3.63) is 68.3 Å². The summed E-state index contributed by atoms with van der Waals surface area (Å²) in [6.07, 6.45) is 1.44. The van der Waals surface area contributed by atoms with E-state index in [9.17, 15) is 20.2 Å². The lowest BCUT2D eigenvalue weighted by molar-refractivity contribution is -0.384. The maximum absolute atomic E-state index is 11.1. The van der Waals surface area contributed by atoms with Crippen molar-refractivity contribution in [3.8, 4) is 0 Å². The number of non-ortho nitro benzene ring substituents is 1. The normalized spacial score (nSPS) is 10.6. The van der Waals surface area contributed by atoms with Crippen molar-refractivity contribution in [2.24, 2.45) is 5.10 Å². The minimum absolute atomic E-state index is 0.0144. The number of hydrogen-bond donors (Lipinski definition) is 1. The van der Waals surface area contributed by atoms with Crippen LogP contribution in [0.4, 0.5) is 22.7 Å². The standard InChI is InChI=1S/C15H15N5O4/c1-18(2)14-8-3-11(9-15(14)20(23)24)10-16-17-12-4-6-13(7-5-12)19(21)22/h3-10,17H,1-2H3. The van der Waals surface area contributed by atoms with E-state index in [4.69, 9.17) is 0 Å². The first-order valence-electron chi connectivity index (χ1n) is 6.88.